The lowest BCUT2D eigenvalue weighted by molar-refractivity contribution is 0.218. The molecule has 2 amide bonds. The number of hydrogen-bond acceptors (Lipinski definition) is 4. The fourth-order valence-electron chi connectivity index (χ4n) is 3.84. The predicted octanol–water partition coefficient (Wildman–Crippen LogP) is 2.00. The summed E-state index contributed by atoms with van der Waals surface area (Å²) < 4.78 is 4.96. The van der Waals surface area contributed by atoms with Gasteiger partial charge in [-0.25, -0.2) is 4.79 Å². The van der Waals surface area contributed by atoms with Crippen molar-refractivity contribution < 1.29 is 9.32 Å². The van der Waals surface area contributed by atoms with Gasteiger partial charge >= 0.3 is 6.03 Å². The van der Waals surface area contributed by atoms with E-state index in [2.05, 4.69) is 27.7 Å². The molecule has 0 aromatic carbocycles. The van der Waals surface area contributed by atoms with Crippen LogP contribution in [0.15, 0.2) is 4.52 Å². The zero-order valence-corrected chi connectivity index (χ0v) is 12.1. The van der Waals surface area contributed by atoms with Gasteiger partial charge in [-0.05, 0) is 50.9 Å². The normalized spacial score (nSPS) is 29.4. The van der Waals surface area contributed by atoms with Crippen LogP contribution in [0.4, 0.5) is 4.79 Å². The second kappa shape index (κ2) is 5.42. The third kappa shape index (κ3) is 2.78. The molecule has 0 radical (unpaired) electrons. The Morgan fingerprint density at radius 3 is 2.90 bits per heavy atom. The molecule has 0 aliphatic heterocycles. The minimum Gasteiger partial charge on any atom is -0.337 e. The number of nitrogens with zero attached hydrogens (tertiary/aromatic N) is 2. The molecule has 2 aliphatic rings. The number of amides is 2. The van der Waals surface area contributed by atoms with Crippen LogP contribution in [-0.2, 0) is 6.54 Å². The van der Waals surface area contributed by atoms with Crippen molar-refractivity contribution in [2.75, 3.05) is 0 Å². The average Bonchev–Trinajstić information content (AvgIpc) is 3.12. The van der Waals surface area contributed by atoms with E-state index in [-0.39, 0.29) is 18.6 Å². The zero-order valence-electron chi connectivity index (χ0n) is 12.1. The third-order valence-electron chi connectivity index (χ3n) is 4.76. The smallest absolute Gasteiger partial charge is 0.315 e. The minimum absolute atomic E-state index is 0.156. The van der Waals surface area contributed by atoms with E-state index in [1.807, 2.05) is 0 Å². The molecule has 4 atom stereocenters. The molecular formula is C14H22N4O2. The number of hydrogen-bond donors (Lipinski definition) is 2. The van der Waals surface area contributed by atoms with Gasteiger partial charge < -0.3 is 15.2 Å². The molecule has 6 nitrogen and oxygen atoms in total. The maximum atomic E-state index is 11.9. The van der Waals surface area contributed by atoms with Gasteiger partial charge in [-0.1, -0.05) is 11.6 Å². The van der Waals surface area contributed by atoms with E-state index in [0.717, 1.165) is 11.8 Å². The van der Waals surface area contributed by atoms with Crippen LogP contribution >= 0.6 is 0 Å². The van der Waals surface area contributed by atoms with Gasteiger partial charge in [0.2, 0.25) is 5.89 Å². The lowest BCUT2D eigenvalue weighted by Gasteiger charge is -2.28. The highest BCUT2D eigenvalue weighted by Crippen LogP contribution is 2.49. The minimum atomic E-state index is -0.156. The molecule has 1 aromatic rings. The summed E-state index contributed by atoms with van der Waals surface area (Å²) in [6.45, 7) is 4.14. The van der Waals surface area contributed by atoms with E-state index >= 15 is 0 Å². The van der Waals surface area contributed by atoms with Crippen LogP contribution in [0.25, 0.3) is 0 Å². The van der Waals surface area contributed by atoms with Crippen molar-refractivity contribution in [2.24, 2.45) is 17.8 Å². The van der Waals surface area contributed by atoms with Gasteiger partial charge in [-0.2, -0.15) is 4.98 Å². The summed E-state index contributed by atoms with van der Waals surface area (Å²) in [5.41, 5.74) is 0. The molecule has 3 rings (SSSR count). The van der Waals surface area contributed by atoms with Crippen LogP contribution in [0.3, 0.4) is 0 Å². The van der Waals surface area contributed by atoms with Crippen molar-refractivity contribution in [3.05, 3.63) is 11.7 Å². The van der Waals surface area contributed by atoms with Crippen molar-refractivity contribution in [2.45, 2.75) is 52.1 Å². The van der Waals surface area contributed by atoms with E-state index in [1.165, 1.54) is 25.7 Å². The maximum absolute atomic E-state index is 11.9. The largest absolute Gasteiger partial charge is 0.337 e. The molecular weight excluding hydrogens is 256 g/mol. The number of carbonyl (C=O) groups is 1. The second-order valence-corrected chi connectivity index (χ2v) is 6.19. The Balaban J connectivity index is 1.44. The number of carbonyl (C=O) groups excluding carboxylic acids is 1. The van der Waals surface area contributed by atoms with E-state index in [4.69, 9.17) is 4.52 Å². The molecule has 0 saturated heterocycles. The van der Waals surface area contributed by atoms with Gasteiger partial charge in [0, 0.05) is 6.04 Å². The fourth-order valence-corrected chi connectivity index (χ4v) is 3.84. The lowest BCUT2D eigenvalue weighted by atomic mass is 9.84. The number of aryl methyl sites for hydroxylation is 1. The lowest BCUT2D eigenvalue weighted by Crippen LogP contribution is -2.45. The molecule has 2 fully saturated rings. The van der Waals surface area contributed by atoms with Crippen LogP contribution in [0.2, 0.25) is 0 Å². The van der Waals surface area contributed by atoms with Crippen molar-refractivity contribution in [1.29, 1.82) is 0 Å². The van der Waals surface area contributed by atoms with E-state index < -0.39 is 0 Å². The number of aromatic nitrogens is 2. The molecule has 2 aliphatic carbocycles. The van der Waals surface area contributed by atoms with Crippen LogP contribution in [0, 0.1) is 24.7 Å². The molecule has 0 spiro atoms. The first kappa shape index (κ1) is 13.4. The summed E-state index contributed by atoms with van der Waals surface area (Å²) in [5.74, 6) is 3.38. The maximum Gasteiger partial charge on any atom is 0.315 e. The Morgan fingerprint density at radius 1 is 1.45 bits per heavy atom. The highest BCUT2D eigenvalue weighted by atomic mass is 16.5. The van der Waals surface area contributed by atoms with E-state index in [9.17, 15) is 4.79 Å². The summed E-state index contributed by atoms with van der Waals surface area (Å²) in [5, 5.41) is 9.49. The Hall–Kier alpha value is -1.59. The Labute approximate surface area is 118 Å². The molecule has 1 heterocycles. The van der Waals surface area contributed by atoms with Crippen LogP contribution < -0.4 is 10.6 Å². The zero-order chi connectivity index (χ0) is 14.1. The Kier molecular flexibility index (Phi) is 3.63. The van der Waals surface area contributed by atoms with Crippen molar-refractivity contribution in [3.63, 3.8) is 0 Å². The first-order valence-corrected chi connectivity index (χ1v) is 7.45. The topological polar surface area (TPSA) is 80.0 Å². The van der Waals surface area contributed by atoms with Crippen molar-refractivity contribution in [1.82, 2.24) is 20.8 Å². The molecule has 6 heteroatoms. The standard InChI is InChI=1S/C14H22N4O2/c1-8(12-6-10-3-4-11(12)5-10)16-14(19)15-7-13-17-9(2)18-20-13/h8,10-12H,3-7H2,1-2H3,(H2,15,16,19)/t8-,10+,11+,12+/m1/s1. The number of nitrogens with one attached hydrogen (secondary N) is 2. The molecule has 2 bridgehead atoms. The number of rotatable bonds is 4. The van der Waals surface area contributed by atoms with Gasteiger partial charge in [-0.15, -0.1) is 0 Å². The molecule has 2 saturated carbocycles. The van der Waals surface area contributed by atoms with Crippen molar-refractivity contribution in [3.8, 4) is 0 Å². The van der Waals surface area contributed by atoms with Gasteiger partial charge in [0.15, 0.2) is 5.82 Å². The summed E-state index contributed by atoms with van der Waals surface area (Å²) in [6.07, 6.45) is 5.36. The molecule has 2 N–H and O–H groups in total. The molecule has 1 aromatic heterocycles. The molecule has 0 unspecified atom stereocenters. The quantitative estimate of drug-likeness (QED) is 0.882. The van der Waals surface area contributed by atoms with Crippen molar-refractivity contribution >= 4 is 6.03 Å². The number of fused-ring (bicyclic) bond motifs is 2. The van der Waals surface area contributed by atoms with Crippen LogP contribution in [0.1, 0.15) is 44.3 Å². The van der Waals surface area contributed by atoms with Crippen LogP contribution in [-0.4, -0.2) is 22.2 Å². The molecule has 20 heavy (non-hydrogen) atoms. The SMILES string of the molecule is Cc1noc(CNC(=O)N[C@H](C)[C@@H]2C[C@H]3CC[C@H]2C3)n1. The summed E-state index contributed by atoms with van der Waals surface area (Å²) in [4.78, 5) is 15.9. The predicted molar refractivity (Wildman–Crippen MR) is 72.8 cm³/mol. The van der Waals surface area contributed by atoms with Gasteiger partial charge in [0.1, 0.15) is 0 Å². The Morgan fingerprint density at radius 2 is 2.30 bits per heavy atom. The first-order chi connectivity index (χ1) is 9.61. The van der Waals surface area contributed by atoms with Gasteiger partial charge in [-0.3, -0.25) is 0 Å². The Bertz CT molecular complexity index is 487. The average molecular weight is 278 g/mol. The molecule has 110 valence electrons. The van der Waals surface area contributed by atoms with Crippen LogP contribution in [0.5, 0.6) is 0 Å². The summed E-state index contributed by atoms with van der Waals surface area (Å²) in [7, 11) is 0. The fraction of sp³-hybridized carbons (Fsp3) is 0.786. The second-order valence-electron chi connectivity index (χ2n) is 6.19. The van der Waals surface area contributed by atoms with Gasteiger partial charge in [0.05, 0.1) is 6.54 Å². The van der Waals surface area contributed by atoms with E-state index in [0.29, 0.717) is 17.6 Å². The van der Waals surface area contributed by atoms with Gasteiger partial charge in [0.25, 0.3) is 0 Å². The third-order valence-corrected chi connectivity index (χ3v) is 4.76. The highest BCUT2D eigenvalue weighted by molar-refractivity contribution is 5.74. The number of urea groups is 1. The summed E-state index contributed by atoms with van der Waals surface area (Å²) in [6, 6.07) is 0.0749. The van der Waals surface area contributed by atoms with E-state index in [1.54, 1.807) is 6.92 Å². The first-order valence-electron chi connectivity index (χ1n) is 7.45. The monoisotopic (exact) mass is 278 g/mol. The highest BCUT2D eigenvalue weighted by Gasteiger charge is 2.42. The summed E-state index contributed by atoms with van der Waals surface area (Å²) >= 11 is 0.